The van der Waals surface area contributed by atoms with Gasteiger partial charge in [-0.25, -0.2) is 4.99 Å². The second kappa shape index (κ2) is 9.87. The highest BCUT2D eigenvalue weighted by atomic mass is 16.6. The summed E-state index contributed by atoms with van der Waals surface area (Å²) in [5, 5.41) is 17.1. The monoisotopic (exact) mass is 334 g/mol. The van der Waals surface area contributed by atoms with E-state index < -0.39 is 4.92 Å². The number of hydrogen-bond acceptors (Lipinski definition) is 4. The van der Waals surface area contributed by atoms with Crippen molar-refractivity contribution in [2.24, 2.45) is 10.9 Å². The molecule has 0 bridgehead atoms. The molecule has 7 heteroatoms. The second-order valence-electron chi connectivity index (χ2n) is 5.92. The molecule has 0 saturated heterocycles. The predicted molar refractivity (Wildman–Crippen MR) is 94.1 cm³/mol. The molecule has 1 aliphatic rings. The van der Waals surface area contributed by atoms with Crippen molar-refractivity contribution in [1.82, 2.24) is 10.6 Å². The zero-order valence-electron chi connectivity index (χ0n) is 14.2. The maximum atomic E-state index is 10.6. The lowest BCUT2D eigenvalue weighted by Gasteiger charge is -2.11. The molecule has 1 saturated carbocycles. The van der Waals surface area contributed by atoms with Crippen LogP contribution < -0.4 is 10.6 Å². The van der Waals surface area contributed by atoms with E-state index in [0.717, 1.165) is 50.2 Å². The van der Waals surface area contributed by atoms with Crippen LogP contribution in [-0.2, 0) is 11.3 Å². The van der Waals surface area contributed by atoms with Crippen molar-refractivity contribution >= 4 is 11.6 Å². The highest BCUT2D eigenvalue weighted by Gasteiger charge is 2.20. The van der Waals surface area contributed by atoms with Gasteiger partial charge in [-0.05, 0) is 37.7 Å². The van der Waals surface area contributed by atoms with Crippen LogP contribution >= 0.6 is 0 Å². The van der Waals surface area contributed by atoms with Gasteiger partial charge in [0.15, 0.2) is 5.96 Å². The van der Waals surface area contributed by atoms with Gasteiger partial charge in [0.25, 0.3) is 5.69 Å². The zero-order valence-corrected chi connectivity index (χ0v) is 14.2. The summed E-state index contributed by atoms with van der Waals surface area (Å²) in [6, 6.07) is 6.47. The molecule has 1 aromatic carbocycles. The van der Waals surface area contributed by atoms with Crippen molar-refractivity contribution in [2.45, 2.75) is 32.7 Å². The number of guanidine groups is 1. The molecule has 132 valence electrons. The molecule has 0 aromatic heterocycles. The highest BCUT2D eigenvalue weighted by molar-refractivity contribution is 5.79. The molecule has 2 rings (SSSR count). The van der Waals surface area contributed by atoms with Gasteiger partial charge in [-0.2, -0.15) is 0 Å². The Kier molecular flexibility index (Phi) is 7.48. The number of benzene rings is 1. The van der Waals surface area contributed by atoms with Crippen molar-refractivity contribution in [3.8, 4) is 0 Å². The Balaban J connectivity index is 1.71. The first-order chi connectivity index (χ1) is 11.7. The van der Waals surface area contributed by atoms with Gasteiger partial charge >= 0.3 is 0 Å². The number of nitro groups is 1. The van der Waals surface area contributed by atoms with E-state index in [1.54, 1.807) is 12.1 Å². The molecule has 24 heavy (non-hydrogen) atoms. The molecule has 0 spiro atoms. The van der Waals surface area contributed by atoms with Gasteiger partial charge in [0.05, 0.1) is 11.5 Å². The van der Waals surface area contributed by atoms with E-state index in [4.69, 9.17) is 4.74 Å². The number of non-ortho nitro benzene ring substituents is 1. The van der Waals surface area contributed by atoms with E-state index in [1.807, 2.05) is 6.92 Å². The molecule has 1 fully saturated rings. The molecule has 0 amide bonds. The summed E-state index contributed by atoms with van der Waals surface area (Å²) in [6.45, 7) is 5.74. The van der Waals surface area contributed by atoms with Crippen molar-refractivity contribution in [2.75, 3.05) is 26.3 Å². The van der Waals surface area contributed by atoms with Gasteiger partial charge in [-0.15, -0.1) is 0 Å². The summed E-state index contributed by atoms with van der Waals surface area (Å²) in [7, 11) is 0. The smallest absolute Gasteiger partial charge is 0.269 e. The fourth-order valence-corrected chi connectivity index (χ4v) is 2.15. The average Bonchev–Trinajstić information content (AvgIpc) is 3.40. The van der Waals surface area contributed by atoms with Crippen LogP contribution in [0.15, 0.2) is 29.3 Å². The van der Waals surface area contributed by atoms with Gasteiger partial charge in [-0.3, -0.25) is 10.1 Å². The molecule has 0 heterocycles. The summed E-state index contributed by atoms with van der Waals surface area (Å²) >= 11 is 0. The van der Waals surface area contributed by atoms with Crippen molar-refractivity contribution in [3.05, 3.63) is 39.9 Å². The largest absolute Gasteiger partial charge is 0.381 e. The Morgan fingerprint density at radius 1 is 1.33 bits per heavy atom. The van der Waals surface area contributed by atoms with Gasteiger partial charge in [0.2, 0.25) is 0 Å². The molecule has 1 aliphatic carbocycles. The summed E-state index contributed by atoms with van der Waals surface area (Å²) in [5.41, 5.74) is 1.03. The molecule has 0 aliphatic heterocycles. The van der Waals surface area contributed by atoms with Crippen molar-refractivity contribution in [3.63, 3.8) is 0 Å². The first kappa shape index (κ1) is 18.2. The fourth-order valence-electron chi connectivity index (χ4n) is 2.15. The Morgan fingerprint density at radius 2 is 2.08 bits per heavy atom. The lowest BCUT2D eigenvalue weighted by Crippen LogP contribution is -2.38. The van der Waals surface area contributed by atoms with Crippen LogP contribution in [0.5, 0.6) is 0 Å². The summed E-state index contributed by atoms with van der Waals surface area (Å²) in [5.74, 6) is 1.55. The van der Waals surface area contributed by atoms with Gasteiger partial charge < -0.3 is 15.4 Å². The molecule has 7 nitrogen and oxygen atoms in total. The Labute approximate surface area is 142 Å². The topological polar surface area (TPSA) is 88.8 Å². The lowest BCUT2D eigenvalue weighted by atomic mass is 10.2. The van der Waals surface area contributed by atoms with Gasteiger partial charge in [-0.1, -0.05) is 12.1 Å². The standard InChI is InChI=1S/C17H26N4O3/c1-2-18-17(19-10-3-11-24-13-15-4-5-15)20-12-14-6-8-16(9-7-14)21(22)23/h6-9,15H,2-5,10-13H2,1H3,(H2,18,19,20). The van der Waals surface area contributed by atoms with Crippen LogP contribution in [0, 0.1) is 16.0 Å². The van der Waals surface area contributed by atoms with E-state index in [1.165, 1.54) is 25.0 Å². The summed E-state index contributed by atoms with van der Waals surface area (Å²) in [4.78, 5) is 14.7. The molecular weight excluding hydrogens is 308 g/mol. The van der Waals surface area contributed by atoms with Crippen LogP contribution in [-0.4, -0.2) is 37.2 Å². The first-order valence-corrected chi connectivity index (χ1v) is 8.52. The van der Waals surface area contributed by atoms with Crippen LogP contribution in [0.2, 0.25) is 0 Å². The third-order valence-corrected chi connectivity index (χ3v) is 3.72. The number of nitrogens with one attached hydrogen (secondary N) is 2. The number of hydrogen-bond donors (Lipinski definition) is 2. The van der Waals surface area contributed by atoms with E-state index in [9.17, 15) is 10.1 Å². The number of ether oxygens (including phenoxy) is 1. The molecular formula is C17H26N4O3. The molecule has 0 atom stereocenters. The molecule has 1 aromatic rings. The number of aliphatic imine (C=N–C) groups is 1. The van der Waals surface area contributed by atoms with Crippen molar-refractivity contribution in [1.29, 1.82) is 0 Å². The average molecular weight is 334 g/mol. The zero-order chi connectivity index (χ0) is 17.2. The quantitative estimate of drug-likeness (QED) is 0.226. The van der Waals surface area contributed by atoms with Crippen LogP contribution in [0.3, 0.4) is 0 Å². The third kappa shape index (κ3) is 6.95. The molecule has 0 unspecified atom stereocenters. The first-order valence-electron chi connectivity index (χ1n) is 8.52. The Bertz CT molecular complexity index is 541. The van der Waals surface area contributed by atoms with E-state index >= 15 is 0 Å². The SMILES string of the molecule is CCNC(=NCc1ccc([N+](=O)[O-])cc1)NCCCOCC1CC1. The Hall–Kier alpha value is -2.15. The normalized spacial score (nSPS) is 14.5. The number of nitro benzene ring substituents is 1. The maximum Gasteiger partial charge on any atom is 0.269 e. The van der Waals surface area contributed by atoms with E-state index in [-0.39, 0.29) is 5.69 Å². The number of nitrogens with zero attached hydrogens (tertiary/aromatic N) is 2. The molecule has 2 N–H and O–H groups in total. The summed E-state index contributed by atoms with van der Waals surface area (Å²) in [6.07, 6.45) is 3.57. The highest BCUT2D eigenvalue weighted by Crippen LogP contribution is 2.28. The van der Waals surface area contributed by atoms with Gasteiger partial charge in [0.1, 0.15) is 0 Å². The van der Waals surface area contributed by atoms with Crippen LogP contribution in [0.1, 0.15) is 31.7 Å². The second-order valence-corrected chi connectivity index (χ2v) is 5.92. The minimum atomic E-state index is -0.399. The maximum absolute atomic E-state index is 10.6. The van der Waals surface area contributed by atoms with Gasteiger partial charge in [0, 0.05) is 38.4 Å². The third-order valence-electron chi connectivity index (χ3n) is 3.72. The minimum absolute atomic E-state index is 0.0963. The molecule has 0 radical (unpaired) electrons. The predicted octanol–water partition coefficient (Wildman–Crippen LogP) is 2.47. The fraction of sp³-hybridized carbons (Fsp3) is 0.588. The number of rotatable bonds is 10. The van der Waals surface area contributed by atoms with Crippen LogP contribution in [0.4, 0.5) is 5.69 Å². The summed E-state index contributed by atoms with van der Waals surface area (Å²) < 4.78 is 5.60. The minimum Gasteiger partial charge on any atom is -0.381 e. The van der Waals surface area contributed by atoms with E-state index in [0.29, 0.717) is 6.54 Å². The van der Waals surface area contributed by atoms with Crippen molar-refractivity contribution < 1.29 is 9.66 Å². The van der Waals surface area contributed by atoms with Crippen LogP contribution in [0.25, 0.3) is 0 Å². The lowest BCUT2D eigenvalue weighted by molar-refractivity contribution is -0.384. The Morgan fingerprint density at radius 3 is 2.71 bits per heavy atom. The van der Waals surface area contributed by atoms with E-state index in [2.05, 4.69) is 15.6 Å².